The van der Waals surface area contributed by atoms with Crippen LogP contribution >= 0.6 is 23.2 Å². The Hall–Kier alpha value is -3.07. The SMILES string of the molecule is CC[C@@H](C(=O)NC(C)C)N(Cc1c(Cl)cccc1Cl)C(=O)CN(c1cc(C)ccc1C)S(=O)(=O)c1ccccc1. The van der Waals surface area contributed by atoms with Crippen LogP contribution in [0.5, 0.6) is 0 Å². The Bertz CT molecular complexity index is 1440. The highest BCUT2D eigenvalue weighted by atomic mass is 35.5. The predicted molar refractivity (Wildman–Crippen MR) is 161 cm³/mol. The summed E-state index contributed by atoms with van der Waals surface area (Å²) in [5.74, 6) is -0.916. The van der Waals surface area contributed by atoms with Gasteiger partial charge in [-0.3, -0.25) is 13.9 Å². The molecule has 10 heteroatoms. The standard InChI is InChI=1S/C30H35Cl2N3O4S/c1-6-27(30(37)33-20(2)3)34(18-24-25(31)13-10-14-26(24)32)29(36)19-35(28-17-21(4)15-16-22(28)5)40(38,39)23-11-8-7-9-12-23/h7-17,20,27H,6,18-19H2,1-5H3,(H,33,37)/t27-/m0/s1. The van der Waals surface area contributed by atoms with E-state index >= 15 is 0 Å². The number of amides is 2. The number of nitrogens with one attached hydrogen (secondary N) is 1. The molecule has 0 saturated carbocycles. The second kappa shape index (κ2) is 13.5. The van der Waals surface area contributed by atoms with Crippen LogP contribution in [0, 0.1) is 13.8 Å². The summed E-state index contributed by atoms with van der Waals surface area (Å²) in [6.07, 6.45) is 0.293. The van der Waals surface area contributed by atoms with Gasteiger partial charge in [0.25, 0.3) is 10.0 Å². The van der Waals surface area contributed by atoms with Crippen molar-refractivity contribution >= 4 is 50.7 Å². The molecule has 0 aromatic heterocycles. The van der Waals surface area contributed by atoms with Gasteiger partial charge in [0.15, 0.2) is 0 Å². The molecule has 1 atom stereocenters. The molecule has 0 aliphatic rings. The van der Waals surface area contributed by atoms with E-state index in [-0.39, 0.29) is 23.4 Å². The Morgan fingerprint density at radius 1 is 0.925 bits per heavy atom. The number of hydrogen-bond donors (Lipinski definition) is 1. The van der Waals surface area contributed by atoms with Crippen LogP contribution in [0.3, 0.4) is 0 Å². The van der Waals surface area contributed by atoms with Crippen molar-refractivity contribution in [1.29, 1.82) is 0 Å². The molecule has 1 N–H and O–H groups in total. The van der Waals surface area contributed by atoms with Gasteiger partial charge in [0.05, 0.1) is 10.6 Å². The fourth-order valence-electron chi connectivity index (χ4n) is 4.38. The van der Waals surface area contributed by atoms with E-state index in [9.17, 15) is 18.0 Å². The highest BCUT2D eigenvalue weighted by Crippen LogP contribution is 2.30. The third kappa shape index (κ3) is 7.36. The van der Waals surface area contributed by atoms with Crippen LogP contribution in [0.1, 0.15) is 43.9 Å². The van der Waals surface area contributed by atoms with Gasteiger partial charge in [0.1, 0.15) is 12.6 Å². The highest BCUT2D eigenvalue weighted by Gasteiger charge is 2.34. The summed E-state index contributed by atoms with van der Waals surface area (Å²) in [6.45, 7) is 8.49. The molecule has 3 rings (SSSR count). The monoisotopic (exact) mass is 603 g/mol. The van der Waals surface area contributed by atoms with E-state index in [1.165, 1.54) is 17.0 Å². The molecular formula is C30H35Cl2N3O4S. The molecule has 0 fully saturated rings. The number of aryl methyl sites for hydroxylation is 2. The van der Waals surface area contributed by atoms with E-state index in [2.05, 4.69) is 5.32 Å². The van der Waals surface area contributed by atoms with Crippen molar-refractivity contribution in [3.8, 4) is 0 Å². The highest BCUT2D eigenvalue weighted by molar-refractivity contribution is 7.92. The number of hydrogen-bond acceptors (Lipinski definition) is 4. The fourth-order valence-corrected chi connectivity index (χ4v) is 6.38. The van der Waals surface area contributed by atoms with Crippen molar-refractivity contribution in [2.45, 2.75) is 64.6 Å². The zero-order valence-electron chi connectivity index (χ0n) is 23.3. The van der Waals surface area contributed by atoms with Crippen molar-refractivity contribution in [2.75, 3.05) is 10.8 Å². The van der Waals surface area contributed by atoms with Crippen molar-refractivity contribution in [3.63, 3.8) is 0 Å². The normalized spacial score (nSPS) is 12.2. The van der Waals surface area contributed by atoms with E-state index in [0.29, 0.717) is 33.3 Å². The smallest absolute Gasteiger partial charge is 0.264 e. The summed E-state index contributed by atoms with van der Waals surface area (Å²) in [4.78, 5) is 28.8. The maximum absolute atomic E-state index is 14.2. The van der Waals surface area contributed by atoms with Gasteiger partial charge in [-0.2, -0.15) is 0 Å². The molecule has 0 bridgehead atoms. The lowest BCUT2D eigenvalue weighted by atomic mass is 10.1. The summed E-state index contributed by atoms with van der Waals surface area (Å²) >= 11 is 12.9. The molecule has 0 unspecified atom stereocenters. The summed E-state index contributed by atoms with van der Waals surface area (Å²) < 4.78 is 29.1. The van der Waals surface area contributed by atoms with E-state index in [4.69, 9.17) is 23.2 Å². The third-order valence-corrected chi connectivity index (χ3v) is 8.93. The summed E-state index contributed by atoms with van der Waals surface area (Å²) in [6, 6.07) is 17.3. The molecule has 3 aromatic carbocycles. The van der Waals surface area contributed by atoms with Gasteiger partial charge < -0.3 is 10.2 Å². The number of rotatable bonds is 11. The van der Waals surface area contributed by atoms with E-state index in [1.807, 2.05) is 32.9 Å². The summed E-state index contributed by atoms with van der Waals surface area (Å²) in [7, 11) is -4.15. The van der Waals surface area contributed by atoms with E-state index in [1.54, 1.807) is 56.3 Å². The van der Waals surface area contributed by atoms with Crippen LogP contribution in [0.4, 0.5) is 5.69 Å². The van der Waals surface area contributed by atoms with Crippen LogP contribution in [-0.4, -0.2) is 43.8 Å². The molecule has 0 heterocycles. The second-order valence-electron chi connectivity index (χ2n) is 9.92. The number of halogens is 2. The summed E-state index contributed by atoms with van der Waals surface area (Å²) in [5, 5.41) is 3.55. The van der Waals surface area contributed by atoms with Crippen LogP contribution in [0.2, 0.25) is 10.0 Å². The summed E-state index contributed by atoms with van der Waals surface area (Å²) in [5.41, 5.74) is 2.37. The largest absolute Gasteiger partial charge is 0.352 e. The Kier molecular flexibility index (Phi) is 10.6. The van der Waals surface area contributed by atoms with Crippen molar-refractivity contribution in [2.24, 2.45) is 0 Å². The number of sulfonamides is 1. The lowest BCUT2D eigenvalue weighted by Gasteiger charge is -2.34. The minimum absolute atomic E-state index is 0.0500. The minimum atomic E-state index is -4.15. The average Bonchev–Trinajstić information content (AvgIpc) is 2.90. The Labute approximate surface area is 247 Å². The van der Waals surface area contributed by atoms with E-state index < -0.39 is 28.5 Å². The third-order valence-electron chi connectivity index (χ3n) is 6.45. The predicted octanol–water partition coefficient (Wildman–Crippen LogP) is 6.14. The van der Waals surface area contributed by atoms with Gasteiger partial charge >= 0.3 is 0 Å². The first-order valence-electron chi connectivity index (χ1n) is 13.0. The van der Waals surface area contributed by atoms with Crippen molar-refractivity contribution < 1.29 is 18.0 Å². The van der Waals surface area contributed by atoms with Gasteiger partial charge in [0, 0.05) is 28.2 Å². The van der Waals surface area contributed by atoms with Crippen LogP contribution < -0.4 is 9.62 Å². The van der Waals surface area contributed by atoms with Gasteiger partial charge in [-0.15, -0.1) is 0 Å². The lowest BCUT2D eigenvalue weighted by Crippen LogP contribution is -2.53. The molecular weight excluding hydrogens is 569 g/mol. The maximum atomic E-state index is 14.2. The molecule has 2 amide bonds. The molecule has 214 valence electrons. The number of anilines is 1. The number of carbonyl (C=O) groups is 2. The maximum Gasteiger partial charge on any atom is 0.264 e. The first-order chi connectivity index (χ1) is 18.9. The molecule has 0 radical (unpaired) electrons. The molecule has 0 aliphatic heterocycles. The minimum Gasteiger partial charge on any atom is -0.352 e. The number of benzene rings is 3. The Balaban J connectivity index is 2.14. The lowest BCUT2D eigenvalue weighted by molar-refractivity contribution is -0.140. The quantitative estimate of drug-likeness (QED) is 0.285. The molecule has 0 saturated heterocycles. The van der Waals surface area contributed by atoms with Crippen LogP contribution in [0.25, 0.3) is 0 Å². The van der Waals surface area contributed by atoms with Gasteiger partial charge in [0.2, 0.25) is 11.8 Å². The average molecular weight is 605 g/mol. The molecule has 40 heavy (non-hydrogen) atoms. The molecule has 7 nitrogen and oxygen atoms in total. The molecule has 0 spiro atoms. The van der Waals surface area contributed by atoms with Crippen molar-refractivity contribution in [3.05, 3.63) is 93.5 Å². The Morgan fingerprint density at radius 2 is 1.55 bits per heavy atom. The number of carbonyl (C=O) groups excluding carboxylic acids is 2. The van der Waals surface area contributed by atoms with Gasteiger partial charge in [-0.25, -0.2) is 8.42 Å². The molecule has 0 aliphatic carbocycles. The number of nitrogens with zero attached hydrogens (tertiary/aromatic N) is 2. The topological polar surface area (TPSA) is 86.8 Å². The van der Waals surface area contributed by atoms with Crippen LogP contribution in [-0.2, 0) is 26.2 Å². The van der Waals surface area contributed by atoms with Crippen LogP contribution in [0.15, 0.2) is 71.6 Å². The van der Waals surface area contributed by atoms with Gasteiger partial charge in [-0.05, 0) is 75.6 Å². The van der Waals surface area contributed by atoms with E-state index in [0.717, 1.165) is 9.87 Å². The van der Waals surface area contributed by atoms with Gasteiger partial charge in [-0.1, -0.05) is 66.5 Å². The first kappa shape index (κ1) is 31.5. The van der Waals surface area contributed by atoms with Crippen molar-refractivity contribution in [1.82, 2.24) is 10.2 Å². The Morgan fingerprint density at radius 3 is 2.12 bits per heavy atom. The first-order valence-corrected chi connectivity index (χ1v) is 15.2. The second-order valence-corrected chi connectivity index (χ2v) is 12.6. The zero-order valence-corrected chi connectivity index (χ0v) is 25.6. The molecule has 3 aromatic rings. The fraction of sp³-hybridized carbons (Fsp3) is 0.333. The zero-order chi connectivity index (χ0) is 29.6.